The highest BCUT2D eigenvalue weighted by atomic mass is 15.2. The molecule has 0 amide bonds. The van der Waals surface area contributed by atoms with Crippen LogP contribution in [0.25, 0.3) is 0 Å². The van der Waals surface area contributed by atoms with E-state index in [2.05, 4.69) is 60.1 Å². The van der Waals surface area contributed by atoms with Gasteiger partial charge in [-0.25, -0.2) is 0 Å². The first kappa shape index (κ1) is 14.6. The molecule has 2 nitrogen and oxygen atoms in total. The molecule has 0 N–H and O–H groups in total. The molecule has 20 heavy (non-hydrogen) atoms. The van der Waals surface area contributed by atoms with Crippen molar-refractivity contribution in [3.8, 4) is 0 Å². The van der Waals surface area contributed by atoms with E-state index in [1.165, 1.54) is 30.6 Å². The molecule has 2 rings (SSSR count). The van der Waals surface area contributed by atoms with Crippen LogP contribution in [-0.4, -0.2) is 11.0 Å². The van der Waals surface area contributed by atoms with Crippen molar-refractivity contribution >= 4 is 11.4 Å². The smallest absolute Gasteiger partial charge is 0.0599 e. The number of para-hydroxylation sites is 1. The fraction of sp³-hybridized carbons (Fsp3) is 0.389. The summed E-state index contributed by atoms with van der Waals surface area (Å²) in [6.07, 6.45) is 8.66. The lowest BCUT2D eigenvalue weighted by molar-refractivity contribution is 0.550. The fourth-order valence-electron chi connectivity index (χ4n) is 2.61. The maximum absolute atomic E-state index is 4.29. The Kier molecular flexibility index (Phi) is 5.60. The molecule has 2 aromatic rings. The van der Waals surface area contributed by atoms with Gasteiger partial charge >= 0.3 is 0 Å². The summed E-state index contributed by atoms with van der Waals surface area (Å²) in [6.45, 7) is 4.52. The standard InChI is InChI=1S/C18H24N2/c1-3-5-10-16(4-2)20(17-11-7-6-8-12-17)18-13-9-14-19-15-18/h6-9,11-16H,3-5,10H2,1-2H3. The number of benzene rings is 1. The molecule has 0 saturated carbocycles. The number of nitrogens with zero attached hydrogens (tertiary/aromatic N) is 2. The molecule has 1 aromatic heterocycles. The molecule has 106 valence electrons. The topological polar surface area (TPSA) is 16.1 Å². The van der Waals surface area contributed by atoms with E-state index in [0.29, 0.717) is 6.04 Å². The molecule has 0 saturated heterocycles. The van der Waals surface area contributed by atoms with Crippen LogP contribution in [0.2, 0.25) is 0 Å². The zero-order chi connectivity index (χ0) is 14.2. The predicted molar refractivity (Wildman–Crippen MR) is 86.4 cm³/mol. The second kappa shape index (κ2) is 7.68. The van der Waals surface area contributed by atoms with Gasteiger partial charge in [0, 0.05) is 17.9 Å². The summed E-state index contributed by atoms with van der Waals surface area (Å²) in [7, 11) is 0. The van der Waals surface area contributed by atoms with Crippen molar-refractivity contribution in [2.75, 3.05) is 4.90 Å². The van der Waals surface area contributed by atoms with E-state index in [0.717, 1.165) is 6.42 Å². The molecule has 2 heteroatoms. The van der Waals surface area contributed by atoms with Gasteiger partial charge in [0.25, 0.3) is 0 Å². The third-order valence-corrected chi connectivity index (χ3v) is 3.69. The summed E-state index contributed by atoms with van der Waals surface area (Å²) in [5.41, 5.74) is 2.44. The van der Waals surface area contributed by atoms with Crippen molar-refractivity contribution in [3.05, 3.63) is 54.9 Å². The first-order valence-corrected chi connectivity index (χ1v) is 7.61. The van der Waals surface area contributed by atoms with E-state index in [1.807, 2.05) is 18.5 Å². The Morgan fingerprint density at radius 1 is 1.00 bits per heavy atom. The van der Waals surface area contributed by atoms with Gasteiger partial charge in [0.1, 0.15) is 0 Å². The van der Waals surface area contributed by atoms with Crippen LogP contribution in [0.15, 0.2) is 54.9 Å². The third kappa shape index (κ3) is 3.60. The van der Waals surface area contributed by atoms with Crippen molar-refractivity contribution in [2.45, 2.75) is 45.6 Å². The summed E-state index contributed by atoms with van der Waals surface area (Å²) in [4.78, 5) is 6.72. The molecule has 0 radical (unpaired) electrons. The second-order valence-electron chi connectivity index (χ2n) is 5.12. The minimum atomic E-state index is 0.529. The maximum Gasteiger partial charge on any atom is 0.0599 e. The first-order valence-electron chi connectivity index (χ1n) is 7.61. The van der Waals surface area contributed by atoms with Crippen molar-refractivity contribution < 1.29 is 0 Å². The second-order valence-corrected chi connectivity index (χ2v) is 5.12. The predicted octanol–water partition coefficient (Wildman–Crippen LogP) is 5.19. The molecule has 0 fully saturated rings. The van der Waals surface area contributed by atoms with Gasteiger partial charge in [-0.2, -0.15) is 0 Å². The Balaban J connectivity index is 2.33. The van der Waals surface area contributed by atoms with E-state index >= 15 is 0 Å². The number of pyridine rings is 1. The Hall–Kier alpha value is -1.83. The van der Waals surface area contributed by atoms with Gasteiger partial charge in [0.2, 0.25) is 0 Å². The molecular weight excluding hydrogens is 244 g/mol. The minimum Gasteiger partial charge on any atom is -0.337 e. The molecule has 1 heterocycles. The molecule has 1 aromatic carbocycles. The zero-order valence-electron chi connectivity index (χ0n) is 12.5. The van der Waals surface area contributed by atoms with Crippen molar-refractivity contribution in [1.82, 2.24) is 4.98 Å². The number of rotatable bonds is 7. The molecule has 0 aliphatic rings. The van der Waals surface area contributed by atoms with Crippen molar-refractivity contribution in [3.63, 3.8) is 0 Å². The number of unbranched alkanes of at least 4 members (excludes halogenated alkanes) is 1. The Morgan fingerprint density at radius 3 is 2.35 bits per heavy atom. The highest BCUT2D eigenvalue weighted by Gasteiger charge is 2.18. The van der Waals surface area contributed by atoms with Gasteiger partial charge in [0.15, 0.2) is 0 Å². The van der Waals surface area contributed by atoms with Gasteiger partial charge in [-0.3, -0.25) is 4.98 Å². The molecule has 0 aliphatic carbocycles. The van der Waals surface area contributed by atoms with Crippen LogP contribution in [0, 0.1) is 0 Å². The monoisotopic (exact) mass is 268 g/mol. The van der Waals surface area contributed by atoms with Crippen LogP contribution in [0.4, 0.5) is 11.4 Å². The molecule has 1 atom stereocenters. The first-order chi connectivity index (χ1) is 9.86. The van der Waals surface area contributed by atoms with E-state index in [1.54, 1.807) is 0 Å². The zero-order valence-corrected chi connectivity index (χ0v) is 12.5. The Morgan fingerprint density at radius 2 is 1.75 bits per heavy atom. The average molecular weight is 268 g/mol. The highest BCUT2D eigenvalue weighted by Crippen LogP contribution is 2.30. The van der Waals surface area contributed by atoms with Gasteiger partial charge < -0.3 is 4.90 Å². The van der Waals surface area contributed by atoms with E-state index in [-0.39, 0.29) is 0 Å². The number of hydrogen-bond donors (Lipinski definition) is 0. The van der Waals surface area contributed by atoms with Crippen LogP contribution in [0.5, 0.6) is 0 Å². The van der Waals surface area contributed by atoms with Gasteiger partial charge in [-0.15, -0.1) is 0 Å². The SMILES string of the molecule is CCCCC(CC)N(c1ccccc1)c1cccnc1. The van der Waals surface area contributed by atoms with E-state index in [4.69, 9.17) is 0 Å². The van der Waals surface area contributed by atoms with Crippen LogP contribution < -0.4 is 4.90 Å². The van der Waals surface area contributed by atoms with E-state index in [9.17, 15) is 0 Å². The lowest BCUT2D eigenvalue weighted by atomic mass is 10.0. The largest absolute Gasteiger partial charge is 0.337 e. The quantitative estimate of drug-likeness (QED) is 0.687. The van der Waals surface area contributed by atoms with Gasteiger partial charge in [0.05, 0.1) is 11.9 Å². The molecule has 0 spiro atoms. The van der Waals surface area contributed by atoms with Crippen molar-refractivity contribution in [2.24, 2.45) is 0 Å². The number of aromatic nitrogens is 1. The van der Waals surface area contributed by atoms with Gasteiger partial charge in [-0.05, 0) is 37.1 Å². The van der Waals surface area contributed by atoms with E-state index < -0.39 is 0 Å². The normalized spacial score (nSPS) is 12.1. The van der Waals surface area contributed by atoms with Crippen LogP contribution in [0.3, 0.4) is 0 Å². The average Bonchev–Trinajstić information content (AvgIpc) is 2.53. The summed E-state index contributed by atoms with van der Waals surface area (Å²) in [5, 5.41) is 0. The Bertz CT molecular complexity index is 442. The minimum absolute atomic E-state index is 0.529. The molecular formula is C18H24N2. The molecule has 0 aliphatic heterocycles. The van der Waals surface area contributed by atoms with Gasteiger partial charge in [-0.1, -0.05) is 44.9 Å². The summed E-state index contributed by atoms with van der Waals surface area (Å²) in [6, 6.07) is 15.3. The van der Waals surface area contributed by atoms with Crippen LogP contribution >= 0.6 is 0 Å². The number of anilines is 2. The fourth-order valence-corrected chi connectivity index (χ4v) is 2.61. The molecule has 1 unspecified atom stereocenters. The van der Waals surface area contributed by atoms with Crippen molar-refractivity contribution in [1.29, 1.82) is 0 Å². The van der Waals surface area contributed by atoms with Crippen LogP contribution in [-0.2, 0) is 0 Å². The number of hydrogen-bond acceptors (Lipinski definition) is 2. The third-order valence-electron chi connectivity index (χ3n) is 3.69. The van der Waals surface area contributed by atoms with Crippen LogP contribution in [0.1, 0.15) is 39.5 Å². The lowest BCUT2D eigenvalue weighted by Gasteiger charge is -2.33. The lowest BCUT2D eigenvalue weighted by Crippen LogP contribution is -2.30. The maximum atomic E-state index is 4.29. The Labute approximate surface area is 122 Å². The summed E-state index contributed by atoms with van der Waals surface area (Å²) >= 11 is 0. The summed E-state index contributed by atoms with van der Waals surface area (Å²) in [5.74, 6) is 0. The highest BCUT2D eigenvalue weighted by molar-refractivity contribution is 5.63. The molecule has 0 bridgehead atoms. The summed E-state index contributed by atoms with van der Waals surface area (Å²) < 4.78 is 0.